The predicted molar refractivity (Wildman–Crippen MR) is 75.8 cm³/mol. The van der Waals surface area contributed by atoms with Crippen LogP contribution < -0.4 is 0 Å². The van der Waals surface area contributed by atoms with Crippen LogP contribution in [0.15, 0.2) is 32.7 Å². The van der Waals surface area contributed by atoms with Crippen LogP contribution in [0.3, 0.4) is 0 Å². The van der Waals surface area contributed by atoms with Gasteiger partial charge in [-0.1, -0.05) is 0 Å². The van der Waals surface area contributed by atoms with Crippen molar-refractivity contribution < 1.29 is 5.11 Å². The van der Waals surface area contributed by atoms with Crippen LogP contribution >= 0.6 is 49.9 Å². The van der Waals surface area contributed by atoms with Crippen molar-refractivity contribution in [3.8, 4) is 0 Å². The Morgan fingerprint density at radius 3 is 2.69 bits per heavy atom. The largest absolute Gasteiger partial charge is 0.383 e. The summed E-state index contributed by atoms with van der Waals surface area (Å²) in [6.45, 7) is 0. The maximum absolute atomic E-state index is 10.4. The summed E-state index contributed by atoms with van der Waals surface area (Å²) in [6, 6.07) is 4.07. The summed E-state index contributed by atoms with van der Waals surface area (Å²) in [5.74, 6) is 0. The molecule has 0 aliphatic rings. The van der Waals surface area contributed by atoms with Crippen molar-refractivity contribution in [2.45, 2.75) is 6.10 Å². The first kappa shape index (κ1) is 10.9. The Balaban J connectivity index is 2.11. The fourth-order valence-corrected chi connectivity index (χ4v) is 5.36. The van der Waals surface area contributed by atoms with E-state index in [-0.39, 0.29) is 0 Å². The number of fused-ring (bicyclic) bond motifs is 1. The first-order valence-electron chi connectivity index (χ1n) is 4.63. The van der Waals surface area contributed by atoms with Gasteiger partial charge in [0, 0.05) is 14.7 Å². The highest BCUT2D eigenvalue weighted by Crippen LogP contribution is 2.40. The Hall–Kier alpha value is -0.200. The van der Waals surface area contributed by atoms with Gasteiger partial charge in [-0.3, -0.25) is 0 Å². The first-order chi connectivity index (χ1) is 7.77. The van der Waals surface area contributed by atoms with Gasteiger partial charge in [-0.25, -0.2) is 0 Å². The summed E-state index contributed by atoms with van der Waals surface area (Å²) in [7, 11) is 0. The molecule has 3 heterocycles. The molecule has 0 bridgehead atoms. The van der Waals surface area contributed by atoms with Gasteiger partial charge in [-0.2, -0.15) is 0 Å². The van der Waals surface area contributed by atoms with Crippen LogP contribution in [0.1, 0.15) is 16.5 Å². The van der Waals surface area contributed by atoms with E-state index in [1.165, 1.54) is 9.40 Å². The zero-order valence-corrected chi connectivity index (χ0v) is 12.0. The number of hydrogen-bond acceptors (Lipinski definition) is 4. The maximum atomic E-state index is 10.4. The lowest BCUT2D eigenvalue weighted by Crippen LogP contribution is -1.95. The van der Waals surface area contributed by atoms with E-state index in [0.717, 1.165) is 14.9 Å². The van der Waals surface area contributed by atoms with Crippen molar-refractivity contribution in [3.05, 3.63) is 43.2 Å². The lowest BCUT2D eigenvalue weighted by Gasteiger charge is -2.07. The highest BCUT2D eigenvalue weighted by Gasteiger charge is 2.19. The van der Waals surface area contributed by atoms with E-state index in [1.807, 2.05) is 11.4 Å². The molecule has 1 atom stereocenters. The molecule has 0 aromatic carbocycles. The van der Waals surface area contributed by atoms with Crippen molar-refractivity contribution in [1.82, 2.24) is 0 Å². The minimum atomic E-state index is -0.512. The van der Waals surface area contributed by atoms with Crippen LogP contribution in [0, 0.1) is 0 Å². The van der Waals surface area contributed by atoms with E-state index in [0.29, 0.717) is 0 Å². The van der Waals surface area contributed by atoms with Crippen LogP contribution in [0.2, 0.25) is 0 Å². The molecule has 3 aromatic heterocycles. The van der Waals surface area contributed by atoms with Gasteiger partial charge >= 0.3 is 0 Å². The van der Waals surface area contributed by atoms with Crippen LogP contribution in [-0.2, 0) is 0 Å². The first-order valence-corrected chi connectivity index (χ1v) is 8.06. The van der Waals surface area contributed by atoms with Crippen LogP contribution in [-0.4, -0.2) is 5.11 Å². The zero-order valence-electron chi connectivity index (χ0n) is 8.01. The number of thiophene rings is 3. The summed E-state index contributed by atoms with van der Waals surface area (Å²) in [5.41, 5.74) is 1.03. The predicted octanol–water partition coefficient (Wildman–Crippen LogP) is 4.87. The number of halogens is 1. The maximum Gasteiger partial charge on any atom is 0.116 e. The van der Waals surface area contributed by atoms with Crippen LogP contribution in [0.4, 0.5) is 0 Å². The smallest absolute Gasteiger partial charge is 0.116 e. The van der Waals surface area contributed by atoms with E-state index in [9.17, 15) is 5.11 Å². The number of rotatable bonds is 2. The monoisotopic (exact) mass is 330 g/mol. The highest BCUT2D eigenvalue weighted by molar-refractivity contribution is 9.10. The summed E-state index contributed by atoms with van der Waals surface area (Å²) >= 11 is 8.43. The van der Waals surface area contributed by atoms with Crippen molar-refractivity contribution >= 4 is 59.3 Å². The van der Waals surface area contributed by atoms with E-state index < -0.39 is 6.10 Å². The normalized spacial score (nSPS) is 13.4. The Morgan fingerprint density at radius 1 is 1.12 bits per heavy atom. The fourth-order valence-electron chi connectivity index (χ4n) is 1.61. The standard InChI is InChI=1S/C11H7BrOS3/c12-7-1-3-15-11(7)9(13)6-5-16-8-2-4-14-10(6)8/h1-5,9,13H. The van der Waals surface area contributed by atoms with Gasteiger partial charge in [0.05, 0.1) is 9.58 Å². The molecule has 82 valence electrons. The van der Waals surface area contributed by atoms with Gasteiger partial charge in [0.2, 0.25) is 0 Å². The van der Waals surface area contributed by atoms with Gasteiger partial charge in [-0.15, -0.1) is 34.0 Å². The SMILES string of the molecule is OC(c1sccc1Br)c1csc2ccsc12. The molecule has 0 saturated heterocycles. The second-order valence-electron chi connectivity index (χ2n) is 3.34. The molecule has 0 saturated carbocycles. The van der Waals surface area contributed by atoms with Crippen molar-refractivity contribution in [2.75, 3.05) is 0 Å². The van der Waals surface area contributed by atoms with Crippen molar-refractivity contribution in [2.24, 2.45) is 0 Å². The summed E-state index contributed by atoms with van der Waals surface area (Å²) in [6.07, 6.45) is -0.512. The highest BCUT2D eigenvalue weighted by atomic mass is 79.9. The minimum Gasteiger partial charge on any atom is -0.383 e. The molecular formula is C11H7BrOS3. The third kappa shape index (κ3) is 1.67. The zero-order chi connectivity index (χ0) is 11.1. The molecule has 3 rings (SSSR count). The molecule has 3 aromatic rings. The summed E-state index contributed by atoms with van der Waals surface area (Å²) < 4.78 is 3.45. The lowest BCUT2D eigenvalue weighted by atomic mass is 10.1. The molecule has 1 N–H and O–H groups in total. The summed E-state index contributed by atoms with van der Waals surface area (Å²) in [4.78, 5) is 0.980. The molecule has 0 aliphatic heterocycles. The molecule has 1 unspecified atom stereocenters. The van der Waals surface area contributed by atoms with Crippen molar-refractivity contribution in [3.63, 3.8) is 0 Å². The molecule has 0 spiro atoms. The van der Waals surface area contributed by atoms with Gasteiger partial charge < -0.3 is 5.11 Å². The second-order valence-corrected chi connectivity index (χ2v) is 6.97. The van der Waals surface area contributed by atoms with Crippen LogP contribution in [0.25, 0.3) is 9.40 Å². The molecular weight excluding hydrogens is 324 g/mol. The van der Waals surface area contributed by atoms with Crippen LogP contribution in [0.5, 0.6) is 0 Å². The molecule has 0 amide bonds. The Bertz CT molecular complexity index is 622. The second kappa shape index (κ2) is 4.23. The lowest BCUT2D eigenvalue weighted by molar-refractivity contribution is 0.225. The summed E-state index contributed by atoms with van der Waals surface area (Å²) in [5, 5.41) is 16.5. The number of aliphatic hydroxyl groups excluding tert-OH is 1. The Morgan fingerprint density at radius 2 is 1.94 bits per heavy atom. The van der Waals surface area contributed by atoms with Gasteiger partial charge in [0.15, 0.2) is 0 Å². The quantitative estimate of drug-likeness (QED) is 0.710. The molecule has 0 fully saturated rings. The van der Waals surface area contributed by atoms with Gasteiger partial charge in [0.1, 0.15) is 6.10 Å². The molecule has 0 radical (unpaired) electrons. The molecule has 1 nitrogen and oxygen atoms in total. The average molecular weight is 331 g/mol. The van der Waals surface area contributed by atoms with Gasteiger partial charge in [-0.05, 0) is 44.2 Å². The van der Waals surface area contributed by atoms with E-state index in [2.05, 4.69) is 32.8 Å². The van der Waals surface area contributed by atoms with Gasteiger partial charge in [0.25, 0.3) is 0 Å². The van der Waals surface area contributed by atoms with E-state index >= 15 is 0 Å². The third-order valence-electron chi connectivity index (χ3n) is 2.39. The average Bonchev–Trinajstić information content (AvgIpc) is 2.90. The molecule has 0 aliphatic carbocycles. The van der Waals surface area contributed by atoms with E-state index in [1.54, 1.807) is 34.0 Å². The minimum absolute atomic E-state index is 0.512. The molecule has 16 heavy (non-hydrogen) atoms. The number of hydrogen-bond donors (Lipinski definition) is 1. The molecule has 5 heteroatoms. The topological polar surface area (TPSA) is 20.2 Å². The Kier molecular flexibility index (Phi) is 2.89. The van der Waals surface area contributed by atoms with Crippen molar-refractivity contribution in [1.29, 1.82) is 0 Å². The van der Waals surface area contributed by atoms with E-state index in [4.69, 9.17) is 0 Å². The number of aliphatic hydroxyl groups is 1. The Labute approximate surface area is 113 Å². The fraction of sp³-hybridized carbons (Fsp3) is 0.0909. The third-order valence-corrected chi connectivity index (χ3v) is 6.37.